The number of oxime groups is 1. The molecule has 0 fully saturated rings. The summed E-state index contributed by atoms with van der Waals surface area (Å²) in [5.41, 5.74) is 6.15. The van der Waals surface area contributed by atoms with Gasteiger partial charge in [-0.2, -0.15) is 0 Å². The Morgan fingerprint density at radius 1 is 0.976 bits per heavy atom. The molecule has 0 saturated carbocycles. The van der Waals surface area contributed by atoms with Crippen LogP contribution in [0, 0.1) is 6.92 Å². The fourth-order valence-electron chi connectivity index (χ4n) is 5.35. The fourth-order valence-corrected chi connectivity index (χ4v) is 7.12. The highest BCUT2D eigenvalue weighted by molar-refractivity contribution is 8.02. The predicted octanol–water partition coefficient (Wildman–Crippen LogP) is 7.53. The van der Waals surface area contributed by atoms with E-state index in [0.717, 1.165) is 44.1 Å². The smallest absolute Gasteiger partial charge is 0.331 e. The molecule has 0 radical (unpaired) electrons. The van der Waals surface area contributed by atoms with Crippen molar-refractivity contribution in [2.45, 2.75) is 49.9 Å². The number of carbonyl (C=O) groups is 3. The lowest BCUT2D eigenvalue weighted by Crippen LogP contribution is -2.22. The minimum absolute atomic E-state index is 0.0255. The summed E-state index contributed by atoms with van der Waals surface area (Å²) in [5.74, 6) is -0.575. The third-order valence-corrected chi connectivity index (χ3v) is 9.41. The van der Waals surface area contributed by atoms with Gasteiger partial charge in [0, 0.05) is 67.9 Å². The third-order valence-electron chi connectivity index (χ3n) is 7.40. The molecule has 0 spiro atoms. The number of ketones is 2. The summed E-state index contributed by atoms with van der Waals surface area (Å²) in [7, 11) is 0. The van der Waals surface area contributed by atoms with Gasteiger partial charge in [0.1, 0.15) is 5.71 Å². The van der Waals surface area contributed by atoms with Crippen LogP contribution >= 0.6 is 23.5 Å². The van der Waals surface area contributed by atoms with Crippen LogP contribution in [-0.2, 0) is 27.4 Å². The molecule has 1 aromatic heterocycles. The number of nitrogens with zero attached hydrogens (tertiary/aromatic N) is 2. The number of benzene rings is 3. The number of hydrogen-bond donors (Lipinski definition) is 0. The van der Waals surface area contributed by atoms with Gasteiger partial charge in [-0.05, 0) is 74.9 Å². The number of aryl methyl sites for hydroxylation is 2. The molecule has 8 heteroatoms. The van der Waals surface area contributed by atoms with Crippen molar-refractivity contribution in [3.05, 3.63) is 100 Å². The second-order valence-electron chi connectivity index (χ2n) is 10.0. The molecule has 5 rings (SSSR count). The van der Waals surface area contributed by atoms with Crippen LogP contribution in [0.15, 0.2) is 87.2 Å². The maximum Gasteiger partial charge on any atom is 0.331 e. The van der Waals surface area contributed by atoms with E-state index < -0.39 is 5.97 Å². The lowest BCUT2D eigenvalue weighted by atomic mass is 9.91. The minimum Gasteiger partial charge on any atom is -0.344 e. The summed E-state index contributed by atoms with van der Waals surface area (Å²) in [6.45, 7) is 6.08. The molecule has 0 atom stereocenters. The van der Waals surface area contributed by atoms with Crippen LogP contribution in [0.5, 0.6) is 0 Å². The quantitative estimate of drug-likeness (QED) is 0.0619. The van der Waals surface area contributed by atoms with Crippen LogP contribution in [0.2, 0.25) is 0 Å². The van der Waals surface area contributed by atoms with E-state index in [4.69, 9.17) is 4.84 Å². The Morgan fingerprint density at radius 2 is 1.71 bits per heavy atom. The van der Waals surface area contributed by atoms with Gasteiger partial charge in [-0.25, -0.2) is 4.79 Å². The van der Waals surface area contributed by atoms with Crippen LogP contribution in [0.4, 0.5) is 0 Å². The summed E-state index contributed by atoms with van der Waals surface area (Å²) in [6.07, 6.45) is 5.17. The fraction of sp³-hybridized carbons (Fsp3) is 0.235. The standard InChI is InChI=1S/C34H32N2O4S2/c1-5-36-29-16-14-23(33(38)25-11-7-6-10-21(25)2)18-26(29)27-19-24(15-17-30(27)36)34(39)28(35-40-22(3)37)20-42-32-13-9-8-12-31(32)41-4/h6-14,16,18-19H,5,15,17,20H2,1-4H3/b35-28+. The number of rotatable bonds is 10. The zero-order chi connectivity index (χ0) is 29.8. The van der Waals surface area contributed by atoms with Gasteiger partial charge in [0.2, 0.25) is 5.78 Å². The van der Waals surface area contributed by atoms with E-state index in [1.165, 1.54) is 18.7 Å². The number of hydrogen-bond acceptors (Lipinski definition) is 7. The van der Waals surface area contributed by atoms with E-state index in [9.17, 15) is 14.4 Å². The van der Waals surface area contributed by atoms with Crippen molar-refractivity contribution in [2.24, 2.45) is 5.16 Å². The largest absolute Gasteiger partial charge is 0.344 e. The van der Waals surface area contributed by atoms with Gasteiger partial charge in [-0.1, -0.05) is 41.6 Å². The summed E-state index contributed by atoms with van der Waals surface area (Å²) in [6, 6.07) is 21.4. The monoisotopic (exact) mass is 596 g/mol. The van der Waals surface area contributed by atoms with Crippen molar-refractivity contribution >= 4 is 63.8 Å². The molecular weight excluding hydrogens is 565 g/mol. The lowest BCUT2D eigenvalue weighted by molar-refractivity contribution is -0.140. The highest BCUT2D eigenvalue weighted by Gasteiger charge is 2.26. The highest BCUT2D eigenvalue weighted by Crippen LogP contribution is 2.36. The summed E-state index contributed by atoms with van der Waals surface area (Å²) >= 11 is 3.12. The first-order chi connectivity index (χ1) is 20.3. The Morgan fingerprint density at radius 3 is 2.43 bits per heavy atom. The van der Waals surface area contributed by atoms with Crippen LogP contribution in [0.1, 0.15) is 53.0 Å². The Labute approximate surface area is 254 Å². The molecule has 4 aromatic rings. The molecule has 0 aliphatic heterocycles. The Bertz CT molecular complexity index is 1770. The molecule has 3 aromatic carbocycles. The number of carbonyl (C=O) groups excluding carboxylic acids is 3. The zero-order valence-electron chi connectivity index (χ0n) is 24.1. The van der Waals surface area contributed by atoms with Crippen molar-refractivity contribution in [3.63, 3.8) is 0 Å². The van der Waals surface area contributed by atoms with E-state index in [2.05, 4.69) is 16.6 Å². The molecule has 0 saturated heterocycles. The normalized spacial score (nSPS) is 13.0. The number of Topliss-reactive ketones (excluding diaryl/α,β-unsaturated/α-hetero) is 1. The molecule has 0 amide bonds. The third kappa shape index (κ3) is 6.01. The average molecular weight is 597 g/mol. The van der Waals surface area contributed by atoms with Crippen molar-refractivity contribution in [2.75, 3.05) is 12.0 Å². The van der Waals surface area contributed by atoms with Crippen LogP contribution in [0.3, 0.4) is 0 Å². The van der Waals surface area contributed by atoms with Crippen LogP contribution in [-0.4, -0.2) is 39.8 Å². The number of fused-ring (bicyclic) bond motifs is 3. The topological polar surface area (TPSA) is 77.7 Å². The summed E-state index contributed by atoms with van der Waals surface area (Å²) in [4.78, 5) is 46.0. The molecule has 1 aliphatic rings. The molecule has 1 heterocycles. The molecule has 214 valence electrons. The van der Waals surface area contributed by atoms with Crippen molar-refractivity contribution < 1.29 is 19.2 Å². The molecule has 1 aliphatic carbocycles. The van der Waals surface area contributed by atoms with Crippen molar-refractivity contribution in [3.8, 4) is 0 Å². The van der Waals surface area contributed by atoms with E-state index >= 15 is 0 Å². The van der Waals surface area contributed by atoms with Gasteiger partial charge in [0.15, 0.2) is 5.78 Å². The maximum absolute atomic E-state index is 13.8. The van der Waals surface area contributed by atoms with Gasteiger partial charge in [0.05, 0.1) is 0 Å². The summed E-state index contributed by atoms with van der Waals surface area (Å²) < 4.78 is 2.26. The van der Waals surface area contributed by atoms with Crippen molar-refractivity contribution in [1.82, 2.24) is 4.57 Å². The van der Waals surface area contributed by atoms with Gasteiger partial charge >= 0.3 is 5.97 Å². The first-order valence-corrected chi connectivity index (χ1v) is 16.0. The second-order valence-corrected chi connectivity index (χ2v) is 11.9. The molecule has 0 unspecified atom stereocenters. The average Bonchev–Trinajstić information content (AvgIpc) is 3.32. The van der Waals surface area contributed by atoms with Crippen LogP contribution in [0.25, 0.3) is 17.0 Å². The zero-order valence-corrected chi connectivity index (χ0v) is 25.7. The first kappa shape index (κ1) is 29.6. The van der Waals surface area contributed by atoms with Gasteiger partial charge in [-0.15, -0.1) is 23.5 Å². The predicted molar refractivity (Wildman–Crippen MR) is 172 cm³/mol. The number of thioether (sulfide) groups is 2. The molecule has 42 heavy (non-hydrogen) atoms. The number of aromatic nitrogens is 1. The van der Waals surface area contributed by atoms with E-state index in [0.29, 0.717) is 29.5 Å². The SMILES string of the molecule is CCn1c2c(c3cc(C(=O)c4ccccc4C)ccc31)C=C(C(=O)/C(CSc1ccccc1SC)=N/OC(C)=O)CC2. The number of allylic oxidation sites excluding steroid dienone is 1. The maximum atomic E-state index is 13.8. The molecule has 6 nitrogen and oxygen atoms in total. The molecular formula is C34H32N2O4S2. The first-order valence-electron chi connectivity index (χ1n) is 13.8. The van der Waals surface area contributed by atoms with Gasteiger partial charge < -0.3 is 9.40 Å². The second kappa shape index (κ2) is 13.0. The Balaban J connectivity index is 1.52. The van der Waals surface area contributed by atoms with E-state index in [1.807, 2.05) is 86.0 Å². The Hall–Kier alpha value is -3.88. The molecule has 0 bridgehead atoms. The molecule has 0 N–H and O–H groups in total. The Kier molecular flexibility index (Phi) is 9.14. The van der Waals surface area contributed by atoms with Gasteiger partial charge in [-0.3, -0.25) is 9.59 Å². The summed E-state index contributed by atoms with van der Waals surface area (Å²) in [5, 5.41) is 4.93. The van der Waals surface area contributed by atoms with Crippen LogP contribution < -0.4 is 0 Å². The van der Waals surface area contributed by atoms with Crippen molar-refractivity contribution in [1.29, 1.82) is 0 Å². The van der Waals surface area contributed by atoms with E-state index in [1.54, 1.807) is 11.8 Å². The van der Waals surface area contributed by atoms with E-state index in [-0.39, 0.29) is 23.0 Å². The highest BCUT2D eigenvalue weighted by atomic mass is 32.2. The lowest BCUT2D eigenvalue weighted by Gasteiger charge is -2.16. The minimum atomic E-state index is -0.577. The van der Waals surface area contributed by atoms with Gasteiger partial charge in [0.25, 0.3) is 0 Å².